The molecular formula is C17H16BrNO2. The average molecular weight is 346 g/mol. The standard InChI is InChI=1S/C17H16BrNO2/c1-12-3-7-14(8-4-12)19-17(20)10-6-13-5-9-16(21-2)15(18)11-13/h3-11H,1-2H3,(H,19,20). The van der Waals surface area contributed by atoms with Crippen molar-refractivity contribution in [1.82, 2.24) is 0 Å². The normalized spacial score (nSPS) is 10.6. The molecule has 0 aliphatic heterocycles. The fraction of sp³-hybridized carbons (Fsp3) is 0.118. The number of hydrogen-bond donors (Lipinski definition) is 1. The smallest absolute Gasteiger partial charge is 0.248 e. The first-order valence-corrected chi connectivity index (χ1v) is 7.27. The molecule has 0 heterocycles. The monoisotopic (exact) mass is 345 g/mol. The molecule has 0 aliphatic carbocycles. The van der Waals surface area contributed by atoms with E-state index in [4.69, 9.17) is 4.74 Å². The first-order valence-electron chi connectivity index (χ1n) is 6.48. The van der Waals surface area contributed by atoms with Crippen LogP contribution in [0.2, 0.25) is 0 Å². The van der Waals surface area contributed by atoms with Gasteiger partial charge in [0.05, 0.1) is 11.6 Å². The summed E-state index contributed by atoms with van der Waals surface area (Å²) in [5.41, 5.74) is 2.86. The fourth-order valence-corrected chi connectivity index (χ4v) is 2.34. The van der Waals surface area contributed by atoms with E-state index in [-0.39, 0.29) is 5.91 Å². The number of hydrogen-bond acceptors (Lipinski definition) is 2. The SMILES string of the molecule is COc1ccc(C=CC(=O)Nc2ccc(C)cc2)cc1Br. The molecule has 0 fully saturated rings. The first kappa shape index (κ1) is 15.3. The molecule has 4 heteroatoms. The lowest BCUT2D eigenvalue weighted by atomic mass is 10.2. The van der Waals surface area contributed by atoms with Crippen LogP contribution in [-0.2, 0) is 4.79 Å². The lowest BCUT2D eigenvalue weighted by molar-refractivity contribution is -0.111. The minimum absolute atomic E-state index is 0.161. The molecule has 2 rings (SSSR count). The maximum absolute atomic E-state index is 11.8. The third-order valence-corrected chi connectivity index (χ3v) is 3.54. The molecule has 0 unspecified atom stereocenters. The number of halogens is 1. The highest BCUT2D eigenvalue weighted by Gasteiger charge is 2.01. The van der Waals surface area contributed by atoms with E-state index in [0.29, 0.717) is 0 Å². The number of carbonyl (C=O) groups excluding carboxylic acids is 1. The summed E-state index contributed by atoms with van der Waals surface area (Å²) in [6, 6.07) is 13.3. The van der Waals surface area contributed by atoms with Gasteiger partial charge in [-0.1, -0.05) is 23.8 Å². The predicted octanol–water partition coefficient (Wildman–Crippen LogP) is 4.42. The van der Waals surface area contributed by atoms with Gasteiger partial charge in [-0.3, -0.25) is 4.79 Å². The van der Waals surface area contributed by atoms with Crippen LogP contribution in [0.1, 0.15) is 11.1 Å². The van der Waals surface area contributed by atoms with Gasteiger partial charge in [0.2, 0.25) is 5.91 Å². The number of nitrogens with one attached hydrogen (secondary N) is 1. The van der Waals surface area contributed by atoms with Gasteiger partial charge in [0.1, 0.15) is 5.75 Å². The van der Waals surface area contributed by atoms with Crippen molar-refractivity contribution in [3.05, 3.63) is 64.1 Å². The molecule has 0 spiro atoms. The molecule has 0 aliphatic rings. The summed E-state index contributed by atoms with van der Waals surface area (Å²) < 4.78 is 6.02. The minimum atomic E-state index is -0.161. The highest BCUT2D eigenvalue weighted by Crippen LogP contribution is 2.25. The second kappa shape index (κ2) is 7.09. The third kappa shape index (κ3) is 4.46. The summed E-state index contributed by atoms with van der Waals surface area (Å²) in [6.07, 6.45) is 3.27. The predicted molar refractivity (Wildman–Crippen MR) is 89.5 cm³/mol. The average Bonchev–Trinajstić information content (AvgIpc) is 2.48. The Morgan fingerprint density at radius 2 is 1.90 bits per heavy atom. The molecule has 0 aromatic heterocycles. The number of ether oxygens (including phenoxy) is 1. The van der Waals surface area contributed by atoms with Crippen LogP contribution in [-0.4, -0.2) is 13.0 Å². The molecule has 21 heavy (non-hydrogen) atoms. The van der Waals surface area contributed by atoms with Crippen LogP contribution in [0.3, 0.4) is 0 Å². The van der Waals surface area contributed by atoms with Crippen LogP contribution in [0, 0.1) is 6.92 Å². The number of amides is 1. The quantitative estimate of drug-likeness (QED) is 0.833. The number of aryl methyl sites for hydroxylation is 1. The summed E-state index contributed by atoms with van der Waals surface area (Å²) >= 11 is 3.42. The lowest BCUT2D eigenvalue weighted by Gasteiger charge is -2.04. The number of rotatable bonds is 4. The largest absolute Gasteiger partial charge is 0.496 e. The molecule has 108 valence electrons. The van der Waals surface area contributed by atoms with Gasteiger partial charge < -0.3 is 10.1 Å². The van der Waals surface area contributed by atoms with E-state index < -0.39 is 0 Å². The van der Waals surface area contributed by atoms with E-state index >= 15 is 0 Å². The van der Waals surface area contributed by atoms with Crippen molar-refractivity contribution < 1.29 is 9.53 Å². The Morgan fingerprint density at radius 3 is 2.52 bits per heavy atom. The molecule has 0 radical (unpaired) electrons. The van der Waals surface area contributed by atoms with Crippen LogP contribution in [0.5, 0.6) is 5.75 Å². The molecule has 2 aromatic carbocycles. The van der Waals surface area contributed by atoms with E-state index in [1.807, 2.05) is 49.4 Å². The maximum Gasteiger partial charge on any atom is 0.248 e. The maximum atomic E-state index is 11.8. The molecule has 2 aromatic rings. The molecule has 3 nitrogen and oxygen atoms in total. The second-order valence-electron chi connectivity index (χ2n) is 4.58. The van der Waals surface area contributed by atoms with Gasteiger partial charge in [0.25, 0.3) is 0 Å². The van der Waals surface area contributed by atoms with E-state index in [1.165, 1.54) is 6.08 Å². The molecule has 0 saturated carbocycles. The van der Waals surface area contributed by atoms with Crippen LogP contribution in [0.15, 0.2) is 53.0 Å². The lowest BCUT2D eigenvalue weighted by Crippen LogP contribution is -2.07. The fourth-order valence-electron chi connectivity index (χ4n) is 1.78. The molecule has 0 saturated heterocycles. The second-order valence-corrected chi connectivity index (χ2v) is 5.44. The zero-order valence-corrected chi connectivity index (χ0v) is 13.5. The molecule has 1 amide bonds. The zero-order valence-electron chi connectivity index (χ0n) is 11.9. The van der Waals surface area contributed by atoms with Gasteiger partial charge in [0.15, 0.2) is 0 Å². The van der Waals surface area contributed by atoms with Crippen molar-refractivity contribution in [2.24, 2.45) is 0 Å². The van der Waals surface area contributed by atoms with Crippen molar-refractivity contribution in [3.63, 3.8) is 0 Å². The summed E-state index contributed by atoms with van der Waals surface area (Å²) in [7, 11) is 1.62. The summed E-state index contributed by atoms with van der Waals surface area (Å²) in [6.45, 7) is 2.01. The zero-order chi connectivity index (χ0) is 15.2. The summed E-state index contributed by atoms with van der Waals surface area (Å²) in [4.78, 5) is 11.8. The van der Waals surface area contributed by atoms with E-state index in [9.17, 15) is 4.79 Å². The highest BCUT2D eigenvalue weighted by atomic mass is 79.9. The first-order chi connectivity index (χ1) is 10.1. The van der Waals surface area contributed by atoms with Gasteiger partial charge in [-0.15, -0.1) is 0 Å². The van der Waals surface area contributed by atoms with Crippen molar-refractivity contribution in [3.8, 4) is 5.75 Å². The van der Waals surface area contributed by atoms with Crippen molar-refractivity contribution in [2.45, 2.75) is 6.92 Å². The van der Waals surface area contributed by atoms with Crippen LogP contribution >= 0.6 is 15.9 Å². The minimum Gasteiger partial charge on any atom is -0.496 e. The number of carbonyl (C=O) groups is 1. The van der Waals surface area contributed by atoms with Crippen LogP contribution < -0.4 is 10.1 Å². The van der Waals surface area contributed by atoms with E-state index in [1.54, 1.807) is 13.2 Å². The van der Waals surface area contributed by atoms with Crippen molar-refractivity contribution in [2.75, 3.05) is 12.4 Å². The number of methoxy groups -OCH3 is 1. The molecule has 0 bridgehead atoms. The Labute approximate surface area is 132 Å². The van der Waals surface area contributed by atoms with Crippen LogP contribution in [0.25, 0.3) is 6.08 Å². The summed E-state index contributed by atoms with van der Waals surface area (Å²) in [5.74, 6) is 0.599. The van der Waals surface area contributed by atoms with Crippen molar-refractivity contribution in [1.29, 1.82) is 0 Å². The van der Waals surface area contributed by atoms with Crippen molar-refractivity contribution >= 4 is 33.6 Å². The van der Waals surface area contributed by atoms with Gasteiger partial charge in [-0.2, -0.15) is 0 Å². The van der Waals surface area contributed by atoms with Crippen LogP contribution in [0.4, 0.5) is 5.69 Å². The Morgan fingerprint density at radius 1 is 1.19 bits per heavy atom. The number of benzene rings is 2. The Balaban J connectivity index is 2.01. The van der Waals surface area contributed by atoms with Gasteiger partial charge in [0, 0.05) is 11.8 Å². The highest BCUT2D eigenvalue weighted by molar-refractivity contribution is 9.10. The van der Waals surface area contributed by atoms with E-state index in [2.05, 4.69) is 21.2 Å². The molecule has 0 atom stereocenters. The Kier molecular flexibility index (Phi) is 5.17. The van der Waals surface area contributed by atoms with E-state index in [0.717, 1.165) is 27.0 Å². The topological polar surface area (TPSA) is 38.3 Å². The molecular weight excluding hydrogens is 330 g/mol. The Bertz CT molecular complexity index is 663. The van der Waals surface area contributed by atoms with Gasteiger partial charge in [-0.05, 0) is 58.8 Å². The third-order valence-electron chi connectivity index (χ3n) is 2.92. The number of anilines is 1. The summed E-state index contributed by atoms with van der Waals surface area (Å²) in [5, 5.41) is 2.81. The Hall–Kier alpha value is -2.07. The van der Waals surface area contributed by atoms with Gasteiger partial charge >= 0.3 is 0 Å². The molecule has 1 N–H and O–H groups in total. The van der Waals surface area contributed by atoms with Gasteiger partial charge in [-0.25, -0.2) is 0 Å².